The standard InChI is InChI=1S/C39H44N4O3/c1-4-6-20-40-34-19-18-32-35-31(38(45)43(39(32)46)21-7-5-2)17-15-28(36(34)35)25-10-8-9-11-29(25)37-30-16-14-27-26(33(27)22-44)13-12-24(30)23(3)41-42-37/h8-11,15,17-19,26-27,33,40,44H,4-7,12-14,16,20-22H2,1-3H3/t26-,27+,33-/m1/s1. The molecule has 1 aromatic heterocycles. The molecule has 238 valence electrons. The lowest BCUT2D eigenvalue weighted by Gasteiger charge is -2.29. The molecule has 0 unspecified atom stereocenters. The average Bonchev–Trinajstić information content (AvgIpc) is 3.74. The Hall–Kier alpha value is -4.10. The van der Waals surface area contributed by atoms with Gasteiger partial charge in [-0.1, -0.05) is 57.0 Å². The Morgan fingerprint density at radius 1 is 0.783 bits per heavy atom. The summed E-state index contributed by atoms with van der Waals surface area (Å²) in [6.07, 6.45) is 7.76. The summed E-state index contributed by atoms with van der Waals surface area (Å²) in [4.78, 5) is 29.0. The minimum absolute atomic E-state index is 0.216. The predicted octanol–water partition coefficient (Wildman–Crippen LogP) is 7.61. The fraction of sp³-hybridized carbons (Fsp3) is 0.436. The number of amides is 2. The van der Waals surface area contributed by atoms with Crippen LogP contribution in [0.5, 0.6) is 0 Å². The maximum absolute atomic E-state index is 13.8. The molecule has 2 amide bonds. The molecule has 3 aliphatic rings. The van der Waals surface area contributed by atoms with Crippen LogP contribution < -0.4 is 5.32 Å². The van der Waals surface area contributed by atoms with Gasteiger partial charge >= 0.3 is 0 Å². The molecule has 0 spiro atoms. The van der Waals surface area contributed by atoms with Gasteiger partial charge in [0.2, 0.25) is 0 Å². The van der Waals surface area contributed by atoms with Crippen molar-refractivity contribution in [3.8, 4) is 22.4 Å². The first-order chi connectivity index (χ1) is 22.5. The maximum atomic E-state index is 13.8. The van der Waals surface area contributed by atoms with Gasteiger partial charge in [-0.15, -0.1) is 5.10 Å². The quantitative estimate of drug-likeness (QED) is 0.141. The van der Waals surface area contributed by atoms with E-state index >= 15 is 0 Å². The summed E-state index contributed by atoms with van der Waals surface area (Å²) >= 11 is 0. The number of aryl methyl sites for hydroxylation is 1. The molecule has 2 aliphatic carbocycles. The Morgan fingerprint density at radius 3 is 2.13 bits per heavy atom. The molecule has 0 saturated heterocycles. The van der Waals surface area contributed by atoms with Gasteiger partial charge in [0.25, 0.3) is 11.8 Å². The normalized spacial score (nSPS) is 20.3. The molecule has 1 saturated carbocycles. The Morgan fingerprint density at radius 2 is 1.43 bits per heavy atom. The number of carbonyl (C=O) groups is 2. The SMILES string of the molecule is CCCCNc1ccc2c3c(ccc(-c4ccccc4-c4nnc(C)c5c4CC[C@@H]4[C@H](CO)[C@@H]4CC5)c13)C(=O)N(CCCC)C2=O. The maximum Gasteiger partial charge on any atom is 0.261 e. The summed E-state index contributed by atoms with van der Waals surface area (Å²) in [7, 11) is 0. The average molecular weight is 617 g/mol. The number of unbranched alkanes of at least 4 members (excludes halogenated alkanes) is 2. The lowest BCUT2D eigenvalue weighted by molar-refractivity contribution is 0.0608. The first kappa shape index (κ1) is 30.5. The highest BCUT2D eigenvalue weighted by Crippen LogP contribution is 2.53. The highest BCUT2D eigenvalue weighted by molar-refractivity contribution is 6.29. The van der Waals surface area contributed by atoms with E-state index in [1.807, 2.05) is 24.3 Å². The molecular weight excluding hydrogens is 572 g/mol. The predicted molar refractivity (Wildman–Crippen MR) is 183 cm³/mol. The smallest absolute Gasteiger partial charge is 0.261 e. The van der Waals surface area contributed by atoms with E-state index in [-0.39, 0.29) is 18.4 Å². The van der Waals surface area contributed by atoms with E-state index in [1.54, 1.807) is 0 Å². The number of benzene rings is 3. The molecule has 3 atom stereocenters. The second-order valence-corrected chi connectivity index (χ2v) is 13.4. The molecule has 0 bridgehead atoms. The summed E-state index contributed by atoms with van der Waals surface area (Å²) in [6.45, 7) is 7.80. The number of aromatic nitrogens is 2. The molecule has 3 aromatic carbocycles. The van der Waals surface area contributed by atoms with Crippen molar-refractivity contribution in [2.45, 2.75) is 72.1 Å². The number of nitrogens with zero attached hydrogens (tertiary/aromatic N) is 3. The molecule has 7 heteroatoms. The van der Waals surface area contributed by atoms with Gasteiger partial charge < -0.3 is 10.4 Å². The number of aliphatic hydroxyl groups excluding tert-OH is 1. The minimum atomic E-state index is -0.216. The molecule has 2 heterocycles. The van der Waals surface area contributed by atoms with Gasteiger partial charge in [0.05, 0.1) is 11.4 Å². The van der Waals surface area contributed by atoms with E-state index in [0.29, 0.717) is 35.4 Å². The van der Waals surface area contributed by atoms with Crippen LogP contribution in [0.1, 0.15) is 89.9 Å². The Bertz CT molecular complexity index is 1810. The number of anilines is 1. The van der Waals surface area contributed by atoms with Crippen molar-refractivity contribution in [1.29, 1.82) is 0 Å². The number of rotatable bonds is 10. The molecular formula is C39H44N4O3. The van der Waals surface area contributed by atoms with Crippen molar-refractivity contribution in [3.63, 3.8) is 0 Å². The monoisotopic (exact) mass is 616 g/mol. The molecule has 46 heavy (non-hydrogen) atoms. The van der Waals surface area contributed by atoms with E-state index in [2.05, 4.69) is 55.5 Å². The van der Waals surface area contributed by atoms with Crippen LogP contribution in [0.4, 0.5) is 5.69 Å². The van der Waals surface area contributed by atoms with E-state index in [1.165, 1.54) is 16.0 Å². The van der Waals surface area contributed by atoms with Crippen LogP contribution in [0.3, 0.4) is 0 Å². The van der Waals surface area contributed by atoms with Crippen LogP contribution in [0.25, 0.3) is 33.2 Å². The van der Waals surface area contributed by atoms with Crippen molar-refractivity contribution < 1.29 is 14.7 Å². The number of fused-ring (bicyclic) bond motifs is 2. The number of aliphatic hydroxyl groups is 1. The molecule has 7 rings (SSSR count). The van der Waals surface area contributed by atoms with Crippen LogP contribution in [0.2, 0.25) is 0 Å². The third-order valence-corrected chi connectivity index (χ3v) is 10.7. The van der Waals surface area contributed by atoms with Gasteiger partial charge in [0, 0.05) is 52.8 Å². The minimum Gasteiger partial charge on any atom is -0.396 e. The highest BCUT2D eigenvalue weighted by Gasteiger charge is 2.49. The zero-order valence-corrected chi connectivity index (χ0v) is 27.2. The van der Waals surface area contributed by atoms with Gasteiger partial charge in [0.1, 0.15) is 0 Å². The lowest BCUT2D eigenvalue weighted by Crippen LogP contribution is -2.40. The van der Waals surface area contributed by atoms with Crippen LogP contribution in [-0.2, 0) is 12.8 Å². The summed E-state index contributed by atoms with van der Waals surface area (Å²) in [5.41, 5.74) is 9.56. The topological polar surface area (TPSA) is 95.4 Å². The molecule has 1 fully saturated rings. The largest absolute Gasteiger partial charge is 0.396 e. The van der Waals surface area contributed by atoms with Crippen LogP contribution in [0.15, 0.2) is 48.5 Å². The third-order valence-electron chi connectivity index (χ3n) is 10.7. The highest BCUT2D eigenvalue weighted by atomic mass is 16.3. The second-order valence-electron chi connectivity index (χ2n) is 13.4. The third kappa shape index (κ3) is 5.09. The fourth-order valence-corrected chi connectivity index (χ4v) is 8.15. The van der Waals surface area contributed by atoms with Crippen molar-refractivity contribution in [2.75, 3.05) is 25.0 Å². The van der Waals surface area contributed by atoms with Gasteiger partial charge in [0.15, 0.2) is 0 Å². The van der Waals surface area contributed by atoms with E-state index < -0.39 is 0 Å². The van der Waals surface area contributed by atoms with Gasteiger partial charge in [-0.25, -0.2) is 0 Å². The number of hydrogen-bond donors (Lipinski definition) is 2. The Balaban J connectivity index is 1.41. The van der Waals surface area contributed by atoms with Crippen molar-refractivity contribution >= 4 is 28.3 Å². The molecule has 1 aliphatic heterocycles. The lowest BCUT2D eigenvalue weighted by atomic mass is 9.84. The Labute approximate surface area is 271 Å². The zero-order valence-electron chi connectivity index (χ0n) is 27.2. The summed E-state index contributed by atoms with van der Waals surface area (Å²) in [5.74, 6) is 1.18. The molecule has 7 nitrogen and oxygen atoms in total. The van der Waals surface area contributed by atoms with E-state index in [0.717, 1.165) is 102 Å². The number of nitrogens with one attached hydrogen (secondary N) is 1. The number of carbonyl (C=O) groups excluding carboxylic acids is 2. The van der Waals surface area contributed by atoms with E-state index in [4.69, 9.17) is 5.10 Å². The van der Waals surface area contributed by atoms with Crippen molar-refractivity contribution in [2.24, 2.45) is 17.8 Å². The van der Waals surface area contributed by atoms with Gasteiger partial charge in [-0.2, -0.15) is 5.10 Å². The fourth-order valence-electron chi connectivity index (χ4n) is 8.15. The molecule has 2 N–H and O–H groups in total. The van der Waals surface area contributed by atoms with Crippen molar-refractivity contribution in [1.82, 2.24) is 15.1 Å². The summed E-state index contributed by atoms with van der Waals surface area (Å²) < 4.78 is 0. The first-order valence-electron chi connectivity index (χ1n) is 17.2. The van der Waals surface area contributed by atoms with Gasteiger partial charge in [-0.3, -0.25) is 14.5 Å². The van der Waals surface area contributed by atoms with Crippen LogP contribution >= 0.6 is 0 Å². The molecule has 0 radical (unpaired) electrons. The molecule has 4 aromatic rings. The first-order valence-corrected chi connectivity index (χ1v) is 17.2. The number of hydrogen-bond acceptors (Lipinski definition) is 6. The Kier molecular flexibility index (Phi) is 8.36. The van der Waals surface area contributed by atoms with Gasteiger partial charge in [-0.05, 0) is 104 Å². The van der Waals surface area contributed by atoms with Crippen molar-refractivity contribution in [3.05, 3.63) is 76.5 Å². The van der Waals surface area contributed by atoms with Crippen LogP contribution in [0, 0.1) is 24.7 Å². The second kappa shape index (κ2) is 12.6. The zero-order chi connectivity index (χ0) is 31.9. The number of imide groups is 1. The summed E-state index contributed by atoms with van der Waals surface area (Å²) in [5, 5.41) is 24.8. The summed E-state index contributed by atoms with van der Waals surface area (Å²) in [6, 6.07) is 16.2. The van der Waals surface area contributed by atoms with Crippen LogP contribution in [-0.4, -0.2) is 51.7 Å². The van der Waals surface area contributed by atoms with E-state index in [9.17, 15) is 14.7 Å².